The summed E-state index contributed by atoms with van der Waals surface area (Å²) in [5.74, 6) is -0.109. The molecule has 23 heavy (non-hydrogen) atoms. The highest BCUT2D eigenvalue weighted by atomic mass is 19.1. The van der Waals surface area contributed by atoms with Crippen LogP contribution in [-0.4, -0.2) is 35.1 Å². The van der Waals surface area contributed by atoms with Gasteiger partial charge < -0.3 is 4.74 Å². The van der Waals surface area contributed by atoms with Gasteiger partial charge in [-0.25, -0.2) is 0 Å². The summed E-state index contributed by atoms with van der Waals surface area (Å²) in [6.45, 7) is 4.18. The summed E-state index contributed by atoms with van der Waals surface area (Å²) >= 11 is 0. The first-order chi connectivity index (χ1) is 11.2. The lowest BCUT2D eigenvalue weighted by atomic mass is 10.1. The molecule has 2 atom stereocenters. The lowest BCUT2D eigenvalue weighted by Gasteiger charge is -2.24. The maximum Gasteiger partial charge on any atom is 0.216 e. The Labute approximate surface area is 137 Å². The van der Waals surface area contributed by atoms with Gasteiger partial charge in [-0.05, 0) is 37.8 Å². The average molecular weight is 314 g/mol. The van der Waals surface area contributed by atoms with E-state index in [1.807, 2.05) is 0 Å². The average Bonchev–Trinajstić information content (AvgIpc) is 3.02. The second-order valence-electron chi connectivity index (χ2n) is 6.20. The molecule has 0 saturated carbocycles. The Morgan fingerprint density at radius 1 is 1.22 bits per heavy atom. The van der Waals surface area contributed by atoms with E-state index < -0.39 is 5.95 Å². The van der Waals surface area contributed by atoms with Crippen LogP contribution in [0.4, 0.5) is 4.39 Å². The summed E-state index contributed by atoms with van der Waals surface area (Å²) in [7, 11) is 0. The third kappa shape index (κ3) is 4.52. The molecule has 1 aromatic heterocycles. The predicted molar refractivity (Wildman–Crippen MR) is 89.0 cm³/mol. The number of ether oxygens (including phenoxy) is 1. The lowest BCUT2D eigenvalue weighted by Crippen LogP contribution is -2.33. The molecule has 1 fully saturated rings. The zero-order chi connectivity index (χ0) is 16.1. The van der Waals surface area contributed by atoms with Gasteiger partial charge in [0.15, 0.2) is 0 Å². The van der Waals surface area contributed by atoms with Crippen molar-refractivity contribution in [3.05, 3.63) is 60.0 Å². The first-order valence-electron chi connectivity index (χ1n) is 8.28. The number of nitrogens with zero attached hydrogens (tertiary/aromatic N) is 2. The van der Waals surface area contributed by atoms with E-state index in [0.717, 1.165) is 32.4 Å². The highest BCUT2D eigenvalue weighted by Crippen LogP contribution is 2.20. The molecule has 1 aliphatic heterocycles. The summed E-state index contributed by atoms with van der Waals surface area (Å²) in [5.41, 5.74) is 1.38. The number of rotatable bonds is 6. The minimum Gasteiger partial charge on any atom is -0.473 e. The van der Waals surface area contributed by atoms with Crippen LogP contribution < -0.4 is 4.74 Å². The largest absolute Gasteiger partial charge is 0.473 e. The minimum absolute atomic E-state index is 0.100. The summed E-state index contributed by atoms with van der Waals surface area (Å²) in [4.78, 5) is 6.23. The summed E-state index contributed by atoms with van der Waals surface area (Å²) in [5, 5.41) is 0. The number of hydrogen-bond acceptors (Lipinski definition) is 3. The van der Waals surface area contributed by atoms with E-state index in [0.29, 0.717) is 11.9 Å². The maximum absolute atomic E-state index is 13.1. The number of likely N-dealkylation sites (tertiary alicyclic amines) is 1. The summed E-state index contributed by atoms with van der Waals surface area (Å²) < 4.78 is 18.9. The van der Waals surface area contributed by atoms with Gasteiger partial charge in [-0.15, -0.1) is 0 Å². The molecule has 3 rings (SSSR count). The Balaban J connectivity index is 1.47. The third-order valence-corrected chi connectivity index (χ3v) is 4.47. The second-order valence-corrected chi connectivity index (χ2v) is 6.20. The van der Waals surface area contributed by atoms with Crippen LogP contribution in [0.15, 0.2) is 48.5 Å². The van der Waals surface area contributed by atoms with E-state index in [1.165, 1.54) is 11.6 Å². The topological polar surface area (TPSA) is 25.4 Å². The van der Waals surface area contributed by atoms with Crippen LogP contribution >= 0.6 is 0 Å². The van der Waals surface area contributed by atoms with Crippen molar-refractivity contribution >= 4 is 0 Å². The van der Waals surface area contributed by atoms with Gasteiger partial charge in [0.25, 0.3) is 0 Å². The Kier molecular flexibility index (Phi) is 5.23. The number of hydrogen-bond donors (Lipinski definition) is 0. The molecule has 2 unspecified atom stereocenters. The number of pyridine rings is 1. The van der Waals surface area contributed by atoms with Crippen LogP contribution in [0.1, 0.15) is 25.3 Å². The van der Waals surface area contributed by atoms with Gasteiger partial charge in [0.05, 0.1) is 0 Å². The van der Waals surface area contributed by atoms with Gasteiger partial charge in [-0.1, -0.05) is 36.4 Å². The van der Waals surface area contributed by atoms with Crippen molar-refractivity contribution in [2.45, 2.75) is 38.3 Å². The SMILES string of the molecule is CC(CCc1ccccc1)N1CCC(Oc2cccc(F)n2)C1. The molecule has 0 spiro atoms. The van der Waals surface area contributed by atoms with Crippen molar-refractivity contribution in [1.82, 2.24) is 9.88 Å². The van der Waals surface area contributed by atoms with Crippen molar-refractivity contribution in [3.63, 3.8) is 0 Å². The molecule has 0 radical (unpaired) electrons. The molecule has 1 saturated heterocycles. The summed E-state index contributed by atoms with van der Waals surface area (Å²) in [6.07, 6.45) is 3.29. The van der Waals surface area contributed by atoms with Gasteiger partial charge in [-0.2, -0.15) is 9.37 Å². The molecule has 0 amide bonds. The minimum atomic E-state index is -0.492. The van der Waals surface area contributed by atoms with Crippen molar-refractivity contribution < 1.29 is 9.13 Å². The van der Waals surface area contributed by atoms with Crippen molar-refractivity contribution in [2.75, 3.05) is 13.1 Å². The van der Waals surface area contributed by atoms with Crippen LogP contribution in [0.5, 0.6) is 5.88 Å². The monoisotopic (exact) mass is 314 g/mol. The quantitative estimate of drug-likeness (QED) is 0.760. The molecule has 2 aromatic rings. The molecule has 2 heterocycles. The maximum atomic E-state index is 13.1. The van der Waals surface area contributed by atoms with E-state index in [4.69, 9.17) is 4.74 Å². The summed E-state index contributed by atoms with van der Waals surface area (Å²) in [6, 6.07) is 15.8. The molecule has 0 N–H and O–H groups in total. The van der Waals surface area contributed by atoms with E-state index >= 15 is 0 Å². The first kappa shape index (κ1) is 15.9. The first-order valence-corrected chi connectivity index (χ1v) is 8.28. The highest BCUT2D eigenvalue weighted by molar-refractivity contribution is 5.15. The highest BCUT2D eigenvalue weighted by Gasteiger charge is 2.27. The van der Waals surface area contributed by atoms with Crippen molar-refractivity contribution in [3.8, 4) is 5.88 Å². The fraction of sp³-hybridized carbons (Fsp3) is 0.421. The van der Waals surface area contributed by atoms with Gasteiger partial charge in [0.1, 0.15) is 6.10 Å². The molecule has 0 aliphatic carbocycles. The number of halogens is 1. The molecule has 122 valence electrons. The predicted octanol–water partition coefficient (Wildman–Crippen LogP) is 3.70. The zero-order valence-corrected chi connectivity index (χ0v) is 13.5. The molecule has 1 aromatic carbocycles. The van der Waals surface area contributed by atoms with E-state index in [2.05, 4.69) is 47.1 Å². The smallest absolute Gasteiger partial charge is 0.216 e. The Hall–Kier alpha value is -1.94. The standard InChI is InChI=1S/C19H23FN2O/c1-15(10-11-16-6-3-2-4-7-16)22-13-12-17(14-22)23-19-9-5-8-18(20)21-19/h2-9,15,17H,10-14H2,1H3. The molecular weight excluding hydrogens is 291 g/mol. The van der Waals surface area contributed by atoms with Crippen LogP contribution in [0.2, 0.25) is 0 Å². The lowest BCUT2D eigenvalue weighted by molar-refractivity contribution is 0.172. The molecular formula is C19H23FN2O. The van der Waals surface area contributed by atoms with Crippen LogP contribution in [0.25, 0.3) is 0 Å². The number of aromatic nitrogens is 1. The van der Waals surface area contributed by atoms with Crippen LogP contribution in [-0.2, 0) is 6.42 Å². The van der Waals surface area contributed by atoms with E-state index in [-0.39, 0.29) is 6.10 Å². The van der Waals surface area contributed by atoms with Crippen LogP contribution in [0.3, 0.4) is 0 Å². The molecule has 4 heteroatoms. The number of aryl methyl sites for hydroxylation is 1. The Bertz CT molecular complexity index is 620. The fourth-order valence-corrected chi connectivity index (χ4v) is 3.08. The molecule has 1 aliphatic rings. The normalized spacial score (nSPS) is 19.7. The molecule has 0 bridgehead atoms. The van der Waals surface area contributed by atoms with Crippen molar-refractivity contribution in [1.29, 1.82) is 0 Å². The van der Waals surface area contributed by atoms with Crippen molar-refractivity contribution in [2.24, 2.45) is 0 Å². The third-order valence-electron chi connectivity index (χ3n) is 4.47. The number of benzene rings is 1. The zero-order valence-electron chi connectivity index (χ0n) is 13.5. The Morgan fingerprint density at radius 2 is 2.04 bits per heavy atom. The van der Waals surface area contributed by atoms with Gasteiger partial charge in [0, 0.05) is 25.2 Å². The fourth-order valence-electron chi connectivity index (χ4n) is 3.08. The molecule has 3 nitrogen and oxygen atoms in total. The van der Waals surface area contributed by atoms with Gasteiger partial charge in [0.2, 0.25) is 11.8 Å². The van der Waals surface area contributed by atoms with Crippen LogP contribution in [0, 0.1) is 5.95 Å². The van der Waals surface area contributed by atoms with Gasteiger partial charge >= 0.3 is 0 Å². The van der Waals surface area contributed by atoms with E-state index in [9.17, 15) is 4.39 Å². The van der Waals surface area contributed by atoms with E-state index in [1.54, 1.807) is 12.1 Å². The Morgan fingerprint density at radius 3 is 2.83 bits per heavy atom. The second kappa shape index (κ2) is 7.55. The van der Waals surface area contributed by atoms with Gasteiger partial charge in [-0.3, -0.25) is 4.90 Å².